The number of hydrogen-bond donors (Lipinski definition) is 4. The summed E-state index contributed by atoms with van der Waals surface area (Å²) in [6, 6.07) is 0. The first kappa shape index (κ1) is 38.5. The van der Waals surface area contributed by atoms with Crippen LogP contribution >= 0.6 is 0 Å². The molecule has 0 radical (unpaired) electrons. The Morgan fingerprint density at radius 3 is 2.38 bits per heavy atom. The predicted molar refractivity (Wildman–Crippen MR) is 197 cm³/mol. The highest BCUT2D eigenvalue weighted by Crippen LogP contribution is 2.89. The largest absolute Gasteiger partial charge is 0.395 e. The summed E-state index contributed by atoms with van der Waals surface area (Å²) in [5.74, 6) is 1.71. The molecular formula is C42H72N2O8. The number of aliphatic hydroxyl groups is 4. The average molecular weight is 733 g/mol. The summed E-state index contributed by atoms with van der Waals surface area (Å²) in [6.07, 6.45) is 7.45. The number of morpholine rings is 1. The maximum atomic E-state index is 12.6. The highest BCUT2D eigenvalue weighted by atomic mass is 16.7. The number of fused-ring (bicyclic) bond motifs is 4. The van der Waals surface area contributed by atoms with Crippen LogP contribution in [0, 0.1) is 50.7 Å². The molecule has 3 aliphatic heterocycles. The number of aliphatic hydroxyl groups excluding tert-OH is 2. The molecular weight excluding hydrogens is 660 g/mol. The third kappa shape index (κ3) is 5.45. The fourth-order valence-corrected chi connectivity index (χ4v) is 15.4. The van der Waals surface area contributed by atoms with E-state index >= 15 is 0 Å². The fraction of sp³-hybridized carbons (Fsp3) is 1.00. The lowest BCUT2D eigenvalue weighted by Crippen LogP contribution is -2.67. The Hall–Kier alpha value is -0.400. The first-order valence-electron chi connectivity index (χ1n) is 21.1. The van der Waals surface area contributed by atoms with Gasteiger partial charge in [-0.3, -0.25) is 9.80 Å². The second kappa shape index (κ2) is 12.8. The minimum Gasteiger partial charge on any atom is -0.395 e. The molecule has 5 aliphatic carbocycles. The van der Waals surface area contributed by atoms with E-state index in [4.69, 9.17) is 18.9 Å². The third-order valence-electron chi connectivity index (χ3n) is 17.6. The maximum absolute atomic E-state index is 12.6. The SMILES string of the molecule is CCO[C@@H](C1C[C@@H](C)[C@H]2C(O1)[C@H](O)[C@@]1(C)C3CC[C@H]4C(C)(C)[C@@H](O[C@H]5CN(CC6(O)CN(CCO)C6)CCO5)CC[C@@]45C[C@@]35CC[C@]21C)C(C)(C)O. The molecule has 10 nitrogen and oxygen atoms in total. The van der Waals surface area contributed by atoms with E-state index in [2.05, 4.69) is 44.4 Å². The van der Waals surface area contributed by atoms with Crippen molar-refractivity contribution in [2.75, 3.05) is 59.1 Å². The summed E-state index contributed by atoms with van der Waals surface area (Å²) >= 11 is 0. The van der Waals surface area contributed by atoms with Crippen molar-refractivity contribution in [1.82, 2.24) is 9.80 Å². The Kier molecular flexibility index (Phi) is 9.47. The van der Waals surface area contributed by atoms with Gasteiger partial charge in [-0.1, -0.05) is 34.6 Å². The van der Waals surface area contributed by atoms with Crippen LogP contribution in [0.2, 0.25) is 0 Å². The Morgan fingerprint density at radius 2 is 1.69 bits per heavy atom. The summed E-state index contributed by atoms with van der Waals surface area (Å²) < 4.78 is 26.3. The van der Waals surface area contributed by atoms with Gasteiger partial charge in [-0.05, 0) is 117 Å². The summed E-state index contributed by atoms with van der Waals surface area (Å²) in [5, 5.41) is 44.1. The van der Waals surface area contributed by atoms with Gasteiger partial charge in [0.25, 0.3) is 0 Å². The Balaban J connectivity index is 0.969. The van der Waals surface area contributed by atoms with Gasteiger partial charge in [0.05, 0.1) is 43.2 Å². The highest BCUT2D eigenvalue weighted by Gasteiger charge is 2.84. The first-order chi connectivity index (χ1) is 24.4. The molecule has 5 saturated carbocycles. The molecule has 8 rings (SSSR count). The van der Waals surface area contributed by atoms with E-state index in [1.54, 1.807) is 0 Å². The monoisotopic (exact) mass is 733 g/mol. The van der Waals surface area contributed by atoms with Crippen molar-refractivity contribution in [2.24, 2.45) is 50.7 Å². The normalized spacial score (nSPS) is 50.2. The van der Waals surface area contributed by atoms with E-state index in [0.29, 0.717) is 69.1 Å². The molecule has 0 amide bonds. The van der Waals surface area contributed by atoms with Gasteiger partial charge in [0.1, 0.15) is 11.7 Å². The third-order valence-corrected chi connectivity index (χ3v) is 17.6. The van der Waals surface area contributed by atoms with Crippen molar-refractivity contribution in [3.63, 3.8) is 0 Å². The van der Waals surface area contributed by atoms with Crippen molar-refractivity contribution >= 4 is 0 Å². The predicted octanol–water partition coefficient (Wildman–Crippen LogP) is 4.06. The molecule has 14 atom stereocenters. The lowest BCUT2D eigenvalue weighted by molar-refractivity contribution is -0.252. The minimum atomic E-state index is -1.03. The molecule has 0 bridgehead atoms. The zero-order chi connectivity index (χ0) is 37.3. The smallest absolute Gasteiger partial charge is 0.170 e. The quantitative estimate of drug-likeness (QED) is 0.262. The molecule has 0 aromatic carbocycles. The van der Waals surface area contributed by atoms with Crippen LogP contribution in [0.3, 0.4) is 0 Å². The lowest BCUT2D eigenvalue weighted by Gasteiger charge is -2.64. The van der Waals surface area contributed by atoms with Crippen molar-refractivity contribution in [1.29, 1.82) is 0 Å². The van der Waals surface area contributed by atoms with Gasteiger partial charge in [-0.25, -0.2) is 0 Å². The summed E-state index contributed by atoms with van der Waals surface area (Å²) in [6.45, 7) is 23.1. The number of nitrogens with zero attached hydrogens (tertiary/aromatic N) is 2. The molecule has 2 spiro atoms. The Labute approximate surface area is 313 Å². The van der Waals surface area contributed by atoms with Crippen LogP contribution in [-0.2, 0) is 18.9 Å². The van der Waals surface area contributed by atoms with Crippen molar-refractivity contribution < 1.29 is 39.4 Å². The van der Waals surface area contributed by atoms with Gasteiger partial charge in [0.15, 0.2) is 6.29 Å². The van der Waals surface area contributed by atoms with Crippen molar-refractivity contribution in [3.05, 3.63) is 0 Å². The topological polar surface area (TPSA) is 124 Å². The van der Waals surface area contributed by atoms with Crippen molar-refractivity contribution in [3.8, 4) is 0 Å². The molecule has 10 heteroatoms. The zero-order valence-electron chi connectivity index (χ0n) is 33.6. The van der Waals surface area contributed by atoms with Gasteiger partial charge in [0.2, 0.25) is 0 Å². The second-order valence-electron chi connectivity index (χ2n) is 20.9. The first-order valence-corrected chi connectivity index (χ1v) is 21.1. The van der Waals surface area contributed by atoms with E-state index in [9.17, 15) is 20.4 Å². The van der Waals surface area contributed by atoms with Crippen LogP contribution in [-0.4, -0.2) is 137 Å². The Bertz CT molecular complexity index is 1340. The number of likely N-dealkylation sites (tertiary alicyclic amines) is 1. The molecule has 8 aliphatic rings. The molecule has 0 aromatic heterocycles. The number of ether oxygens (including phenoxy) is 4. The van der Waals surface area contributed by atoms with Gasteiger partial charge >= 0.3 is 0 Å². The molecule has 298 valence electrons. The van der Waals surface area contributed by atoms with E-state index in [1.165, 1.54) is 25.7 Å². The van der Waals surface area contributed by atoms with E-state index in [-0.39, 0.29) is 58.8 Å². The standard InChI is InChI=1S/C42H72N2O8/c1-9-49-35(37(5,6)47)27-20-26(2)32-33(51-27)34(46)39(8)29-11-10-28-36(3,4)30(12-13-41(28)22-42(29,41)15-14-38(32,39)7)52-31-21-43(17-19-50-31)23-40(48)24-44(25-40)16-18-45/h26-35,45-48H,9-25H2,1-8H3/t26-,27?,28+,29?,30+,31+,32+,33?,34+,35+,38-,39-,41-,42+/m1/s1. The second-order valence-corrected chi connectivity index (χ2v) is 20.9. The van der Waals surface area contributed by atoms with Crippen LogP contribution in [0.1, 0.15) is 107 Å². The van der Waals surface area contributed by atoms with E-state index < -0.39 is 23.4 Å². The van der Waals surface area contributed by atoms with Gasteiger partial charge in [0, 0.05) is 51.3 Å². The number of rotatable bonds is 10. The number of β-amino-alcohol motifs (C(OH)–C–C–N with tert-alkyl or cyclic N) is 2. The van der Waals surface area contributed by atoms with Crippen LogP contribution in [0.15, 0.2) is 0 Å². The molecule has 3 unspecified atom stereocenters. The van der Waals surface area contributed by atoms with Crippen LogP contribution in [0.4, 0.5) is 0 Å². The van der Waals surface area contributed by atoms with Crippen LogP contribution in [0.5, 0.6) is 0 Å². The summed E-state index contributed by atoms with van der Waals surface area (Å²) in [5.41, 5.74) is -1.41. The maximum Gasteiger partial charge on any atom is 0.170 e. The lowest BCUT2D eigenvalue weighted by atomic mass is 9.41. The Morgan fingerprint density at radius 1 is 0.981 bits per heavy atom. The molecule has 8 fully saturated rings. The minimum absolute atomic E-state index is 0.00633. The van der Waals surface area contributed by atoms with Crippen molar-refractivity contribution in [2.45, 2.75) is 155 Å². The molecule has 0 aromatic rings. The van der Waals surface area contributed by atoms with Gasteiger partial charge in [-0.2, -0.15) is 0 Å². The van der Waals surface area contributed by atoms with Crippen LogP contribution in [0.25, 0.3) is 0 Å². The fourth-order valence-electron chi connectivity index (χ4n) is 15.4. The highest BCUT2D eigenvalue weighted by molar-refractivity contribution is 5.33. The molecule has 3 saturated heterocycles. The molecule has 52 heavy (non-hydrogen) atoms. The average Bonchev–Trinajstić information content (AvgIpc) is 3.68. The molecule has 3 heterocycles. The zero-order valence-corrected chi connectivity index (χ0v) is 33.6. The van der Waals surface area contributed by atoms with Gasteiger partial charge < -0.3 is 39.4 Å². The molecule has 4 N–H and O–H groups in total. The van der Waals surface area contributed by atoms with E-state index in [1.807, 2.05) is 20.8 Å². The van der Waals surface area contributed by atoms with Crippen LogP contribution < -0.4 is 0 Å². The number of hydrogen-bond acceptors (Lipinski definition) is 10. The van der Waals surface area contributed by atoms with Gasteiger partial charge in [-0.15, -0.1) is 0 Å². The summed E-state index contributed by atoms with van der Waals surface area (Å²) in [4.78, 5) is 4.41. The van der Waals surface area contributed by atoms with E-state index in [0.717, 1.165) is 32.2 Å². The summed E-state index contributed by atoms with van der Waals surface area (Å²) in [7, 11) is 0.